The van der Waals surface area contributed by atoms with Gasteiger partial charge in [-0.05, 0) is 49.4 Å². The van der Waals surface area contributed by atoms with E-state index in [0.717, 1.165) is 30.0 Å². The number of thioether (sulfide) groups is 1. The average molecular weight is 308 g/mol. The van der Waals surface area contributed by atoms with Crippen molar-refractivity contribution in [2.45, 2.75) is 17.1 Å². The number of hydrogen-bond acceptors (Lipinski definition) is 3. The van der Waals surface area contributed by atoms with Crippen LogP contribution >= 0.6 is 11.8 Å². The summed E-state index contributed by atoms with van der Waals surface area (Å²) in [5.41, 5.74) is 0.507. The van der Waals surface area contributed by atoms with E-state index in [1.54, 1.807) is 38.3 Å². The predicted molar refractivity (Wildman–Crippen MR) is 79.0 cm³/mol. The lowest BCUT2D eigenvalue weighted by molar-refractivity contribution is 0.0994. The van der Waals surface area contributed by atoms with Crippen LogP contribution in [-0.2, 0) is 0 Å². The molecule has 0 amide bonds. The molecule has 0 saturated carbocycles. The number of ketones is 1. The van der Waals surface area contributed by atoms with Gasteiger partial charge in [-0.3, -0.25) is 4.79 Å². The summed E-state index contributed by atoms with van der Waals surface area (Å²) in [6.07, 6.45) is 0. The highest BCUT2D eigenvalue weighted by Gasteiger charge is 2.18. The maximum Gasteiger partial charge on any atom is 0.175 e. The number of halogens is 2. The fraction of sp³-hybridized carbons (Fsp3) is 0.188. The molecule has 1 atom stereocenters. The van der Waals surface area contributed by atoms with Gasteiger partial charge < -0.3 is 4.74 Å². The van der Waals surface area contributed by atoms with Gasteiger partial charge in [0, 0.05) is 10.5 Å². The van der Waals surface area contributed by atoms with Crippen LogP contribution in [0.5, 0.6) is 5.75 Å². The highest BCUT2D eigenvalue weighted by molar-refractivity contribution is 8.00. The van der Waals surface area contributed by atoms with Crippen molar-refractivity contribution in [3.8, 4) is 5.75 Å². The van der Waals surface area contributed by atoms with Gasteiger partial charge in [0.05, 0.1) is 12.4 Å². The van der Waals surface area contributed by atoms with Crippen molar-refractivity contribution >= 4 is 17.5 Å². The third-order valence-corrected chi connectivity index (χ3v) is 4.08. The molecule has 2 rings (SSSR count). The lowest BCUT2D eigenvalue weighted by Crippen LogP contribution is -2.13. The van der Waals surface area contributed by atoms with Crippen LogP contribution in [0, 0.1) is 11.6 Å². The van der Waals surface area contributed by atoms with E-state index in [-0.39, 0.29) is 10.7 Å². The largest absolute Gasteiger partial charge is 0.497 e. The Labute approximate surface area is 126 Å². The molecule has 0 aliphatic carbocycles. The summed E-state index contributed by atoms with van der Waals surface area (Å²) in [6.45, 7) is 1.67. The van der Waals surface area contributed by atoms with Gasteiger partial charge in [0.25, 0.3) is 0 Å². The molecule has 0 aliphatic heterocycles. The minimum absolute atomic E-state index is 0.129. The molecule has 110 valence electrons. The van der Waals surface area contributed by atoms with Crippen LogP contribution in [0.4, 0.5) is 8.78 Å². The normalized spacial score (nSPS) is 12.0. The number of rotatable bonds is 5. The van der Waals surface area contributed by atoms with Crippen LogP contribution in [0.15, 0.2) is 47.4 Å². The summed E-state index contributed by atoms with van der Waals surface area (Å²) in [7, 11) is 1.54. The predicted octanol–water partition coefficient (Wildman–Crippen LogP) is 4.34. The zero-order chi connectivity index (χ0) is 15.4. The summed E-state index contributed by atoms with van der Waals surface area (Å²) < 4.78 is 31.7. The van der Waals surface area contributed by atoms with Gasteiger partial charge in [-0.25, -0.2) is 8.78 Å². The van der Waals surface area contributed by atoms with Gasteiger partial charge in [-0.1, -0.05) is 0 Å². The molecule has 5 heteroatoms. The second-order valence-corrected chi connectivity index (χ2v) is 5.81. The number of carbonyl (C=O) groups excluding carboxylic acids is 1. The van der Waals surface area contributed by atoms with E-state index in [1.807, 2.05) is 0 Å². The van der Waals surface area contributed by atoms with Gasteiger partial charge in [-0.15, -0.1) is 11.8 Å². The molecule has 2 aromatic carbocycles. The van der Waals surface area contributed by atoms with Crippen molar-refractivity contribution in [1.29, 1.82) is 0 Å². The number of benzene rings is 2. The van der Waals surface area contributed by atoms with Crippen LogP contribution in [0.1, 0.15) is 17.3 Å². The summed E-state index contributed by atoms with van der Waals surface area (Å²) in [5, 5.41) is -0.519. The fourth-order valence-corrected chi connectivity index (χ4v) is 2.79. The van der Waals surface area contributed by atoms with Gasteiger partial charge in [0.2, 0.25) is 0 Å². The molecule has 0 N–H and O–H groups in total. The van der Waals surface area contributed by atoms with E-state index in [1.165, 1.54) is 0 Å². The van der Waals surface area contributed by atoms with Crippen molar-refractivity contribution in [3.05, 3.63) is 59.7 Å². The number of hydrogen-bond donors (Lipinski definition) is 0. The van der Waals surface area contributed by atoms with E-state index in [4.69, 9.17) is 4.74 Å². The smallest absolute Gasteiger partial charge is 0.175 e. The Balaban J connectivity index is 2.13. The van der Waals surface area contributed by atoms with Crippen molar-refractivity contribution < 1.29 is 18.3 Å². The van der Waals surface area contributed by atoms with Gasteiger partial charge in [0.15, 0.2) is 5.78 Å². The van der Waals surface area contributed by atoms with Crippen LogP contribution in [-0.4, -0.2) is 18.1 Å². The molecule has 0 heterocycles. The Hall–Kier alpha value is -1.88. The lowest BCUT2D eigenvalue weighted by Gasteiger charge is -2.11. The minimum atomic E-state index is -0.532. The SMILES string of the molecule is COc1ccc(C(=O)C(C)Sc2cc(F)ccc2F)cc1. The molecular formula is C16H14F2O2S. The maximum absolute atomic E-state index is 13.6. The molecule has 2 aromatic rings. The molecule has 1 unspecified atom stereocenters. The topological polar surface area (TPSA) is 26.3 Å². The minimum Gasteiger partial charge on any atom is -0.497 e. The number of carbonyl (C=O) groups is 1. The summed E-state index contributed by atoms with van der Waals surface area (Å²) in [6, 6.07) is 9.89. The first-order valence-corrected chi connectivity index (χ1v) is 7.19. The van der Waals surface area contributed by atoms with E-state index in [0.29, 0.717) is 11.3 Å². The standard InChI is InChI=1S/C16H14F2O2S/c1-10(21-15-9-12(17)5-8-14(15)18)16(19)11-3-6-13(20-2)7-4-11/h3-10H,1-2H3. The van der Waals surface area contributed by atoms with Gasteiger partial charge in [0.1, 0.15) is 17.4 Å². The molecule has 0 spiro atoms. The van der Waals surface area contributed by atoms with Crippen LogP contribution in [0.2, 0.25) is 0 Å². The summed E-state index contributed by atoms with van der Waals surface area (Å²) >= 11 is 1.00. The summed E-state index contributed by atoms with van der Waals surface area (Å²) in [4.78, 5) is 12.4. The van der Waals surface area contributed by atoms with E-state index < -0.39 is 16.9 Å². The highest BCUT2D eigenvalue weighted by Crippen LogP contribution is 2.29. The second-order valence-electron chi connectivity index (χ2n) is 4.43. The molecule has 0 fully saturated rings. The first kappa shape index (κ1) is 15.5. The van der Waals surface area contributed by atoms with Crippen LogP contribution in [0.3, 0.4) is 0 Å². The Morgan fingerprint density at radius 2 is 1.81 bits per heavy atom. The fourth-order valence-electron chi connectivity index (χ4n) is 1.80. The number of methoxy groups -OCH3 is 1. The molecule has 0 bridgehead atoms. The Kier molecular flexibility index (Phi) is 4.96. The Morgan fingerprint density at radius 1 is 1.14 bits per heavy atom. The van der Waals surface area contributed by atoms with Crippen molar-refractivity contribution in [2.24, 2.45) is 0 Å². The molecule has 0 aromatic heterocycles. The van der Waals surface area contributed by atoms with Gasteiger partial charge in [-0.2, -0.15) is 0 Å². The third-order valence-electron chi connectivity index (χ3n) is 2.94. The quantitative estimate of drug-likeness (QED) is 0.607. The third kappa shape index (κ3) is 3.82. The van der Waals surface area contributed by atoms with Crippen LogP contribution in [0.25, 0.3) is 0 Å². The molecule has 0 saturated heterocycles. The number of Topliss-reactive ketones (excluding diaryl/α,β-unsaturated/α-hetero) is 1. The summed E-state index contributed by atoms with van der Waals surface area (Å²) in [5.74, 6) is -0.548. The zero-order valence-electron chi connectivity index (χ0n) is 11.6. The first-order chi connectivity index (χ1) is 10.0. The number of ether oxygens (including phenoxy) is 1. The Bertz CT molecular complexity index is 641. The average Bonchev–Trinajstić information content (AvgIpc) is 2.50. The molecular weight excluding hydrogens is 294 g/mol. The molecule has 21 heavy (non-hydrogen) atoms. The van der Waals surface area contributed by atoms with Crippen molar-refractivity contribution in [1.82, 2.24) is 0 Å². The van der Waals surface area contributed by atoms with E-state index >= 15 is 0 Å². The van der Waals surface area contributed by atoms with Gasteiger partial charge >= 0.3 is 0 Å². The second kappa shape index (κ2) is 6.72. The molecule has 0 radical (unpaired) electrons. The van der Waals surface area contributed by atoms with Crippen molar-refractivity contribution in [2.75, 3.05) is 7.11 Å². The molecule has 0 aliphatic rings. The van der Waals surface area contributed by atoms with E-state index in [2.05, 4.69) is 0 Å². The zero-order valence-corrected chi connectivity index (χ0v) is 12.4. The monoisotopic (exact) mass is 308 g/mol. The molecule has 2 nitrogen and oxygen atoms in total. The Morgan fingerprint density at radius 3 is 2.43 bits per heavy atom. The lowest BCUT2D eigenvalue weighted by atomic mass is 10.1. The first-order valence-electron chi connectivity index (χ1n) is 6.31. The van der Waals surface area contributed by atoms with Crippen molar-refractivity contribution in [3.63, 3.8) is 0 Å². The van der Waals surface area contributed by atoms with E-state index in [9.17, 15) is 13.6 Å². The van der Waals surface area contributed by atoms with Crippen LogP contribution < -0.4 is 4.74 Å². The highest BCUT2D eigenvalue weighted by atomic mass is 32.2. The maximum atomic E-state index is 13.6.